The Morgan fingerprint density at radius 3 is 2.42 bits per heavy atom. The Kier molecular flexibility index (Phi) is 4.96. The first-order valence-electron chi connectivity index (χ1n) is 8.81. The summed E-state index contributed by atoms with van der Waals surface area (Å²) in [6.07, 6.45) is 4.03. The van der Waals surface area contributed by atoms with Crippen LogP contribution in [0.25, 0.3) is 11.0 Å². The van der Waals surface area contributed by atoms with Gasteiger partial charge in [0.05, 0.1) is 36.3 Å². The Labute approximate surface area is 170 Å². The van der Waals surface area contributed by atoms with Crippen LogP contribution in [-0.2, 0) is 14.0 Å². The molecular weight excluding hydrogens is 464 g/mol. The lowest BCUT2D eigenvalue weighted by Gasteiger charge is -2.32. The number of fused-ring (bicyclic) bond motifs is 1. The zero-order valence-electron chi connectivity index (χ0n) is 15.5. The molecule has 0 saturated carbocycles. The van der Waals surface area contributed by atoms with Gasteiger partial charge in [0.25, 0.3) is 0 Å². The van der Waals surface area contributed by atoms with Crippen molar-refractivity contribution in [3.8, 4) is 0 Å². The largest absolute Gasteiger partial charge is 0.497 e. The van der Waals surface area contributed by atoms with Crippen LogP contribution in [0.15, 0.2) is 18.5 Å². The number of hydrogen-bond donors (Lipinski definition) is 0. The highest BCUT2D eigenvalue weighted by atomic mass is 127. The fourth-order valence-corrected chi connectivity index (χ4v) is 4.56. The fourth-order valence-electron chi connectivity index (χ4n) is 3.30. The molecule has 26 heavy (non-hydrogen) atoms. The summed E-state index contributed by atoms with van der Waals surface area (Å²) in [5.74, 6) is 0. The number of nitrogens with zero attached hydrogens (tertiary/aromatic N) is 3. The predicted molar refractivity (Wildman–Crippen MR) is 115 cm³/mol. The molecule has 2 fully saturated rings. The van der Waals surface area contributed by atoms with Gasteiger partial charge < -0.3 is 18.9 Å². The molecule has 9 heteroatoms. The standard InChI is InChI=1S/C17H23BIN3O3S/c1-16(2)17(3,4)25-18(24-16)14-11-22(26-19)15-13(14)9-12(10-20-15)21-5-7-23-8-6-21/h9-11H,5-8H2,1-4H3. The zero-order valence-corrected chi connectivity index (χ0v) is 18.5. The van der Waals surface area contributed by atoms with Gasteiger partial charge in [-0.15, -0.1) is 0 Å². The molecular formula is C17H23BIN3O3S. The van der Waals surface area contributed by atoms with Crippen LogP contribution in [0.2, 0.25) is 0 Å². The second kappa shape index (κ2) is 6.84. The number of ether oxygens (including phenoxy) is 1. The Balaban J connectivity index is 1.76. The second-order valence-corrected chi connectivity index (χ2v) is 9.44. The van der Waals surface area contributed by atoms with E-state index in [0.717, 1.165) is 48.5 Å². The summed E-state index contributed by atoms with van der Waals surface area (Å²) in [5, 5.41) is 1.08. The molecule has 0 aliphatic carbocycles. The first kappa shape index (κ1) is 18.9. The smallest absolute Gasteiger partial charge is 0.399 e. The minimum absolute atomic E-state index is 0.362. The van der Waals surface area contributed by atoms with Gasteiger partial charge in [-0.2, -0.15) is 0 Å². The topological polar surface area (TPSA) is 48.8 Å². The van der Waals surface area contributed by atoms with Crippen molar-refractivity contribution in [3.63, 3.8) is 0 Å². The summed E-state index contributed by atoms with van der Waals surface area (Å²) in [5.41, 5.74) is 2.36. The van der Waals surface area contributed by atoms with Crippen molar-refractivity contribution in [2.75, 3.05) is 31.2 Å². The van der Waals surface area contributed by atoms with Gasteiger partial charge in [0.2, 0.25) is 0 Å². The van der Waals surface area contributed by atoms with Gasteiger partial charge in [-0.05, 0) is 33.8 Å². The van der Waals surface area contributed by atoms with Crippen LogP contribution in [0.4, 0.5) is 5.69 Å². The maximum absolute atomic E-state index is 6.29. The molecule has 4 heterocycles. The van der Waals surface area contributed by atoms with Gasteiger partial charge in [0, 0.05) is 60.5 Å². The first-order valence-corrected chi connectivity index (χ1v) is 12.1. The van der Waals surface area contributed by atoms with Gasteiger partial charge in [-0.1, -0.05) is 0 Å². The van der Waals surface area contributed by atoms with Crippen molar-refractivity contribution >= 4 is 59.6 Å². The molecule has 0 aromatic carbocycles. The predicted octanol–water partition coefficient (Wildman–Crippen LogP) is 3.02. The van der Waals surface area contributed by atoms with Gasteiger partial charge in [-0.25, -0.2) is 4.98 Å². The zero-order chi connectivity index (χ0) is 18.5. The normalized spacial score (nSPS) is 22.3. The van der Waals surface area contributed by atoms with Crippen LogP contribution < -0.4 is 10.4 Å². The third-order valence-electron chi connectivity index (χ3n) is 5.59. The van der Waals surface area contributed by atoms with Crippen LogP contribution >= 0.6 is 30.3 Å². The molecule has 6 nitrogen and oxygen atoms in total. The molecule has 2 aromatic rings. The number of rotatable bonds is 3. The lowest BCUT2D eigenvalue weighted by Crippen LogP contribution is -2.41. The van der Waals surface area contributed by atoms with Crippen molar-refractivity contribution < 1.29 is 14.0 Å². The Morgan fingerprint density at radius 1 is 1.15 bits per heavy atom. The average molecular weight is 487 g/mol. The molecule has 2 saturated heterocycles. The number of morpholine rings is 1. The summed E-state index contributed by atoms with van der Waals surface area (Å²) in [7, 11) is 1.20. The minimum Gasteiger partial charge on any atom is -0.399 e. The molecule has 0 amide bonds. The maximum Gasteiger partial charge on any atom is 0.497 e. The van der Waals surface area contributed by atoms with Crippen LogP contribution in [0.1, 0.15) is 27.7 Å². The summed E-state index contributed by atoms with van der Waals surface area (Å²) in [4.78, 5) is 7.05. The fraction of sp³-hybridized carbons (Fsp3) is 0.588. The van der Waals surface area contributed by atoms with E-state index >= 15 is 0 Å². The highest BCUT2D eigenvalue weighted by molar-refractivity contribution is 14.2. The molecule has 2 aliphatic rings. The van der Waals surface area contributed by atoms with E-state index in [1.165, 1.54) is 0 Å². The summed E-state index contributed by atoms with van der Waals surface area (Å²) >= 11 is 2.27. The van der Waals surface area contributed by atoms with E-state index in [9.17, 15) is 0 Å². The second-order valence-electron chi connectivity index (χ2n) is 7.73. The number of hydrogen-bond acceptors (Lipinski definition) is 6. The highest BCUT2D eigenvalue weighted by Gasteiger charge is 2.52. The van der Waals surface area contributed by atoms with Gasteiger partial charge in [0.1, 0.15) is 5.65 Å². The van der Waals surface area contributed by atoms with Crippen LogP contribution in [-0.4, -0.2) is 53.6 Å². The average Bonchev–Trinajstić information content (AvgIpc) is 3.09. The highest BCUT2D eigenvalue weighted by Crippen LogP contribution is 2.37. The van der Waals surface area contributed by atoms with Crippen LogP contribution in [0.5, 0.6) is 0 Å². The van der Waals surface area contributed by atoms with E-state index < -0.39 is 7.12 Å². The Hall–Kier alpha value is -0.485. The van der Waals surface area contributed by atoms with Crippen molar-refractivity contribution in [2.45, 2.75) is 38.9 Å². The summed E-state index contributed by atoms with van der Waals surface area (Å²) in [6, 6.07) is 2.21. The van der Waals surface area contributed by atoms with E-state index in [-0.39, 0.29) is 11.2 Å². The van der Waals surface area contributed by atoms with E-state index in [1.807, 2.05) is 6.20 Å². The monoisotopic (exact) mass is 487 g/mol. The van der Waals surface area contributed by atoms with Gasteiger partial charge >= 0.3 is 7.12 Å². The molecule has 0 N–H and O–H groups in total. The number of pyridine rings is 1. The molecule has 0 atom stereocenters. The lowest BCUT2D eigenvalue weighted by atomic mass is 9.79. The van der Waals surface area contributed by atoms with Crippen molar-refractivity contribution in [2.24, 2.45) is 0 Å². The van der Waals surface area contributed by atoms with Gasteiger partial charge in [-0.3, -0.25) is 3.97 Å². The third kappa shape index (κ3) is 3.15. The first-order chi connectivity index (χ1) is 12.3. The summed E-state index contributed by atoms with van der Waals surface area (Å²) in [6.45, 7) is 11.6. The molecule has 2 aromatic heterocycles. The lowest BCUT2D eigenvalue weighted by molar-refractivity contribution is 0.00578. The van der Waals surface area contributed by atoms with E-state index in [0.29, 0.717) is 0 Å². The molecule has 0 bridgehead atoms. The van der Waals surface area contributed by atoms with Crippen molar-refractivity contribution in [1.82, 2.24) is 8.96 Å². The molecule has 0 radical (unpaired) electrons. The maximum atomic E-state index is 6.29. The number of halogens is 1. The molecule has 0 unspecified atom stereocenters. The van der Waals surface area contributed by atoms with Crippen LogP contribution in [0, 0.1) is 0 Å². The van der Waals surface area contributed by atoms with Gasteiger partial charge in [0.15, 0.2) is 0 Å². The molecule has 140 valence electrons. The quantitative estimate of drug-likeness (QED) is 0.491. The number of aromatic nitrogens is 2. The number of anilines is 1. The Bertz CT molecular complexity index is 807. The molecule has 0 spiro atoms. The SMILES string of the molecule is CC1(C)OB(c2cn(SI)c3ncc(N4CCOCC4)cc23)OC1(C)C. The van der Waals surface area contributed by atoms with E-state index in [1.54, 1.807) is 9.12 Å². The van der Waals surface area contributed by atoms with Crippen molar-refractivity contribution in [3.05, 3.63) is 18.5 Å². The van der Waals surface area contributed by atoms with Crippen molar-refractivity contribution in [1.29, 1.82) is 0 Å². The van der Waals surface area contributed by atoms with E-state index in [4.69, 9.17) is 19.0 Å². The molecule has 2 aliphatic heterocycles. The summed E-state index contributed by atoms with van der Waals surface area (Å²) < 4.78 is 20.1. The van der Waals surface area contributed by atoms with E-state index in [2.05, 4.69) is 70.0 Å². The molecule has 4 rings (SSSR count). The minimum atomic E-state index is -0.394. The third-order valence-corrected chi connectivity index (χ3v) is 7.29. The van der Waals surface area contributed by atoms with Crippen LogP contribution in [0.3, 0.4) is 0 Å². The Morgan fingerprint density at radius 2 is 1.81 bits per heavy atom.